The van der Waals surface area contributed by atoms with Gasteiger partial charge in [0.15, 0.2) is 6.10 Å². The number of ether oxygens (including phenoxy) is 2. The smallest absolute Gasteiger partial charge is 0.462 e. The minimum atomic E-state index is -4.39. The van der Waals surface area contributed by atoms with Gasteiger partial charge in [0.05, 0.1) is 13.2 Å². The summed E-state index contributed by atoms with van der Waals surface area (Å²) in [6.45, 7) is 3.59. The topological polar surface area (TPSA) is 134 Å². The second kappa shape index (κ2) is 41.1. The highest BCUT2D eigenvalue weighted by Gasteiger charge is 2.25. The molecule has 1 unspecified atom stereocenters. The van der Waals surface area contributed by atoms with Crippen molar-refractivity contribution in [3.63, 3.8) is 0 Å². The third-order valence-corrected chi connectivity index (χ3v) is 9.55. The molecule has 10 heteroatoms. The summed E-state index contributed by atoms with van der Waals surface area (Å²) in [7, 11) is -4.39. The second-order valence-electron chi connectivity index (χ2n) is 13.8. The van der Waals surface area contributed by atoms with E-state index in [0.717, 1.165) is 57.8 Å². The minimum absolute atomic E-state index is 0.0414. The van der Waals surface area contributed by atoms with Gasteiger partial charge in [-0.05, 0) is 83.5 Å². The zero-order valence-corrected chi connectivity index (χ0v) is 35.5. The lowest BCUT2D eigenvalue weighted by atomic mass is 10.1. The molecule has 0 bridgehead atoms. The molecule has 316 valence electrons. The van der Waals surface area contributed by atoms with Gasteiger partial charge in [-0.15, -0.1) is 0 Å². The number of phosphoric ester groups is 1. The summed E-state index contributed by atoms with van der Waals surface area (Å²) in [6.07, 6.45) is 49.3. The minimum Gasteiger partial charge on any atom is -0.462 e. The Labute approximate surface area is 335 Å². The summed E-state index contributed by atoms with van der Waals surface area (Å²) in [5.41, 5.74) is 5.34. The SMILES string of the molecule is CCCCC/C=C/C/C=C/C/C=C/C/C=C/CCCC(=O)OC[C@H](COP(=O)(O)OCCN)OC(=O)CCCCCCCCC/C=C/C/C=C/CCCCC. The Morgan fingerprint density at radius 1 is 0.545 bits per heavy atom. The maximum absolute atomic E-state index is 12.6. The first-order valence-corrected chi connectivity index (χ1v) is 22.9. The molecule has 0 rings (SSSR count). The second-order valence-corrected chi connectivity index (χ2v) is 15.3. The number of phosphoric acid groups is 1. The summed E-state index contributed by atoms with van der Waals surface area (Å²) in [5, 5.41) is 0. The Hall–Kier alpha value is -2.55. The highest BCUT2D eigenvalue weighted by molar-refractivity contribution is 7.47. The maximum Gasteiger partial charge on any atom is 0.472 e. The molecular formula is C45H78NO8P. The molecule has 55 heavy (non-hydrogen) atoms. The van der Waals surface area contributed by atoms with Crippen molar-refractivity contribution in [2.45, 2.75) is 174 Å². The van der Waals surface area contributed by atoms with E-state index in [1.807, 2.05) is 6.08 Å². The predicted octanol–water partition coefficient (Wildman–Crippen LogP) is 12.3. The lowest BCUT2D eigenvalue weighted by Gasteiger charge is -2.19. The van der Waals surface area contributed by atoms with E-state index >= 15 is 0 Å². The number of carbonyl (C=O) groups is 2. The van der Waals surface area contributed by atoms with Crippen LogP contribution in [-0.2, 0) is 32.7 Å². The van der Waals surface area contributed by atoms with Gasteiger partial charge in [-0.2, -0.15) is 0 Å². The van der Waals surface area contributed by atoms with Gasteiger partial charge < -0.3 is 20.1 Å². The van der Waals surface area contributed by atoms with Crippen LogP contribution in [0.5, 0.6) is 0 Å². The predicted molar refractivity (Wildman–Crippen MR) is 229 cm³/mol. The molecule has 0 amide bonds. The fourth-order valence-corrected chi connectivity index (χ4v) is 6.13. The Balaban J connectivity index is 4.28. The fraction of sp³-hybridized carbons (Fsp3) is 0.689. The number of esters is 2. The largest absolute Gasteiger partial charge is 0.472 e. The van der Waals surface area contributed by atoms with Crippen molar-refractivity contribution in [3.8, 4) is 0 Å². The van der Waals surface area contributed by atoms with E-state index in [1.54, 1.807) is 0 Å². The number of hydrogen-bond donors (Lipinski definition) is 2. The van der Waals surface area contributed by atoms with Crippen LogP contribution >= 0.6 is 7.82 Å². The molecule has 0 saturated carbocycles. The van der Waals surface area contributed by atoms with E-state index in [1.165, 1.54) is 70.6 Å². The molecule has 0 aliphatic carbocycles. The van der Waals surface area contributed by atoms with E-state index in [9.17, 15) is 19.0 Å². The number of hydrogen-bond acceptors (Lipinski definition) is 8. The number of allylic oxidation sites excluding steroid dienone is 12. The van der Waals surface area contributed by atoms with Gasteiger partial charge in [-0.1, -0.05) is 145 Å². The number of nitrogens with two attached hydrogens (primary N) is 1. The highest BCUT2D eigenvalue weighted by Crippen LogP contribution is 2.43. The lowest BCUT2D eigenvalue weighted by molar-refractivity contribution is -0.161. The van der Waals surface area contributed by atoms with Crippen LogP contribution in [0.1, 0.15) is 168 Å². The first kappa shape index (κ1) is 52.5. The molecular weight excluding hydrogens is 713 g/mol. The molecule has 0 saturated heterocycles. The molecule has 0 aliphatic heterocycles. The van der Waals surface area contributed by atoms with Crippen LogP contribution in [0.15, 0.2) is 72.9 Å². The van der Waals surface area contributed by atoms with Crippen LogP contribution in [-0.4, -0.2) is 49.3 Å². The van der Waals surface area contributed by atoms with Crippen molar-refractivity contribution in [1.29, 1.82) is 0 Å². The average Bonchev–Trinajstić information content (AvgIpc) is 3.17. The van der Waals surface area contributed by atoms with Gasteiger partial charge in [0.2, 0.25) is 0 Å². The standard InChI is InChI=1S/C45H78NO8P/c1-3-5-7-9-11-13-15-17-19-21-23-25-27-29-31-33-35-37-44(47)51-41-43(42-53-55(49,50)52-40-39-46)54-45(48)38-36-34-32-30-28-26-24-22-20-18-16-14-12-10-8-6-4-2/h11-14,17-20,23,25,29,31,43H,3-10,15-16,21-22,24,26-28,30,32-42,46H2,1-2H3,(H,49,50)/b13-11+,14-12+,19-17+,20-18+,25-23+,31-29+/t43-/m1/s1. The summed E-state index contributed by atoms with van der Waals surface area (Å²) >= 11 is 0. The van der Waals surface area contributed by atoms with Gasteiger partial charge in [0, 0.05) is 19.4 Å². The van der Waals surface area contributed by atoms with Crippen LogP contribution in [0.3, 0.4) is 0 Å². The van der Waals surface area contributed by atoms with Crippen molar-refractivity contribution < 1.29 is 37.6 Å². The average molecular weight is 792 g/mol. The van der Waals surface area contributed by atoms with Crippen LogP contribution in [0.4, 0.5) is 0 Å². The molecule has 0 aromatic rings. The van der Waals surface area contributed by atoms with Crippen molar-refractivity contribution >= 4 is 19.8 Å². The zero-order chi connectivity index (χ0) is 40.3. The van der Waals surface area contributed by atoms with Crippen molar-refractivity contribution in [2.24, 2.45) is 5.73 Å². The van der Waals surface area contributed by atoms with Gasteiger partial charge in [0.25, 0.3) is 0 Å². The zero-order valence-electron chi connectivity index (χ0n) is 34.6. The summed E-state index contributed by atoms with van der Waals surface area (Å²) in [5.74, 6) is -0.909. The van der Waals surface area contributed by atoms with Crippen molar-refractivity contribution in [2.75, 3.05) is 26.4 Å². The molecule has 0 aromatic heterocycles. The molecule has 0 heterocycles. The van der Waals surface area contributed by atoms with Gasteiger partial charge in [0.1, 0.15) is 6.61 Å². The quantitative estimate of drug-likeness (QED) is 0.0270. The van der Waals surface area contributed by atoms with Gasteiger partial charge in [-0.3, -0.25) is 18.6 Å². The molecule has 0 radical (unpaired) electrons. The Morgan fingerprint density at radius 3 is 1.45 bits per heavy atom. The Kier molecular flexibility index (Phi) is 39.2. The molecule has 0 aromatic carbocycles. The van der Waals surface area contributed by atoms with Crippen LogP contribution in [0.25, 0.3) is 0 Å². The lowest BCUT2D eigenvalue weighted by Crippen LogP contribution is -2.29. The Bertz CT molecular complexity index is 1130. The monoisotopic (exact) mass is 792 g/mol. The van der Waals surface area contributed by atoms with Crippen LogP contribution in [0.2, 0.25) is 0 Å². The fourth-order valence-electron chi connectivity index (χ4n) is 5.36. The third kappa shape index (κ3) is 40.9. The van der Waals surface area contributed by atoms with Gasteiger partial charge >= 0.3 is 19.8 Å². The summed E-state index contributed by atoms with van der Waals surface area (Å²) in [6, 6.07) is 0. The van der Waals surface area contributed by atoms with Crippen molar-refractivity contribution in [3.05, 3.63) is 72.9 Å². The number of unbranched alkanes of at least 4 members (excludes halogenated alkanes) is 14. The maximum atomic E-state index is 12.6. The van der Waals surface area contributed by atoms with E-state index in [-0.39, 0.29) is 32.6 Å². The third-order valence-electron chi connectivity index (χ3n) is 8.56. The molecule has 9 nitrogen and oxygen atoms in total. The van der Waals surface area contributed by atoms with Gasteiger partial charge in [-0.25, -0.2) is 4.57 Å². The van der Waals surface area contributed by atoms with E-state index in [4.69, 9.17) is 24.3 Å². The molecule has 0 fully saturated rings. The molecule has 0 aliphatic rings. The summed E-state index contributed by atoms with van der Waals surface area (Å²) in [4.78, 5) is 34.8. The van der Waals surface area contributed by atoms with Crippen molar-refractivity contribution in [1.82, 2.24) is 0 Å². The molecule has 2 atom stereocenters. The van der Waals surface area contributed by atoms with E-state index in [0.29, 0.717) is 12.8 Å². The normalized spacial score (nSPS) is 14.0. The first-order valence-electron chi connectivity index (χ1n) is 21.4. The number of rotatable bonds is 39. The van der Waals surface area contributed by atoms with E-state index in [2.05, 4.69) is 80.7 Å². The van der Waals surface area contributed by atoms with E-state index < -0.39 is 32.5 Å². The molecule has 3 N–H and O–H groups in total. The van der Waals surface area contributed by atoms with Crippen LogP contribution < -0.4 is 5.73 Å². The summed E-state index contributed by atoms with van der Waals surface area (Å²) < 4.78 is 32.7. The highest BCUT2D eigenvalue weighted by atomic mass is 31.2. The number of carbonyl (C=O) groups excluding carboxylic acids is 2. The van der Waals surface area contributed by atoms with Crippen LogP contribution in [0, 0.1) is 0 Å². The molecule has 0 spiro atoms. The first-order chi connectivity index (χ1) is 26.8. The Morgan fingerprint density at radius 2 is 0.964 bits per heavy atom.